The summed E-state index contributed by atoms with van der Waals surface area (Å²) in [5, 5.41) is 0. The summed E-state index contributed by atoms with van der Waals surface area (Å²) < 4.78 is 0. The Morgan fingerprint density at radius 3 is 2.52 bits per heavy atom. The van der Waals surface area contributed by atoms with E-state index in [2.05, 4.69) is 30.7 Å². The SMILES string of the molecule is CCCCN(CCCC)C(=O)c1ccncc1C#CCN. The summed E-state index contributed by atoms with van der Waals surface area (Å²) in [6.45, 7) is 6.13. The molecule has 0 fully saturated rings. The van der Waals surface area contributed by atoms with E-state index < -0.39 is 0 Å². The third-order valence-corrected chi connectivity index (χ3v) is 3.23. The highest BCUT2D eigenvalue weighted by atomic mass is 16.2. The van der Waals surface area contributed by atoms with Gasteiger partial charge >= 0.3 is 0 Å². The van der Waals surface area contributed by atoms with Crippen molar-refractivity contribution in [3.8, 4) is 11.8 Å². The number of unbranched alkanes of at least 4 members (excludes halogenated alkanes) is 2. The van der Waals surface area contributed by atoms with Crippen molar-refractivity contribution in [3.05, 3.63) is 29.6 Å². The van der Waals surface area contributed by atoms with Gasteiger partial charge in [0.25, 0.3) is 5.91 Å². The zero-order valence-corrected chi connectivity index (χ0v) is 13.1. The van der Waals surface area contributed by atoms with E-state index in [0.29, 0.717) is 11.1 Å². The first kappa shape index (κ1) is 17.2. The normalized spacial score (nSPS) is 9.86. The summed E-state index contributed by atoms with van der Waals surface area (Å²) in [6.07, 6.45) is 7.46. The zero-order valence-electron chi connectivity index (χ0n) is 13.1. The molecule has 0 aliphatic heterocycles. The van der Waals surface area contributed by atoms with Crippen LogP contribution in [0.5, 0.6) is 0 Å². The van der Waals surface area contributed by atoms with Crippen LogP contribution in [0.25, 0.3) is 0 Å². The van der Waals surface area contributed by atoms with Crippen LogP contribution in [0.15, 0.2) is 18.5 Å². The molecule has 2 N–H and O–H groups in total. The predicted octanol–water partition coefficient (Wildman–Crippen LogP) is 2.43. The molecule has 0 aliphatic carbocycles. The molecular weight excluding hydrogens is 262 g/mol. The minimum atomic E-state index is 0.0422. The molecule has 1 heterocycles. The smallest absolute Gasteiger partial charge is 0.255 e. The van der Waals surface area contributed by atoms with Gasteiger partial charge in [-0.3, -0.25) is 9.78 Å². The lowest BCUT2D eigenvalue weighted by molar-refractivity contribution is 0.0750. The lowest BCUT2D eigenvalue weighted by Crippen LogP contribution is -2.33. The number of aromatic nitrogens is 1. The van der Waals surface area contributed by atoms with Gasteiger partial charge in [0, 0.05) is 25.5 Å². The van der Waals surface area contributed by atoms with Gasteiger partial charge in [0.15, 0.2) is 0 Å². The van der Waals surface area contributed by atoms with Crippen molar-refractivity contribution < 1.29 is 4.79 Å². The Balaban J connectivity index is 2.96. The lowest BCUT2D eigenvalue weighted by Gasteiger charge is -2.23. The molecule has 0 aromatic carbocycles. The Kier molecular flexibility index (Phi) is 8.15. The molecule has 1 rings (SSSR count). The average Bonchev–Trinajstić information content (AvgIpc) is 2.52. The van der Waals surface area contributed by atoms with Crippen molar-refractivity contribution in [2.75, 3.05) is 19.6 Å². The molecule has 0 aliphatic rings. The van der Waals surface area contributed by atoms with E-state index in [-0.39, 0.29) is 12.5 Å². The average molecular weight is 287 g/mol. The standard InChI is InChI=1S/C17H25N3O/c1-3-5-12-20(13-6-4-2)17(21)16-9-11-19-14-15(16)8-7-10-18/h9,11,14H,3-6,10,12-13,18H2,1-2H3. The van der Waals surface area contributed by atoms with Crippen molar-refractivity contribution in [3.63, 3.8) is 0 Å². The van der Waals surface area contributed by atoms with Gasteiger partial charge in [0.2, 0.25) is 0 Å². The molecule has 4 nitrogen and oxygen atoms in total. The van der Waals surface area contributed by atoms with Crippen molar-refractivity contribution >= 4 is 5.91 Å². The van der Waals surface area contributed by atoms with Crippen molar-refractivity contribution in [1.29, 1.82) is 0 Å². The Labute approximate surface area is 127 Å². The molecule has 1 aromatic rings. The number of pyridine rings is 1. The van der Waals surface area contributed by atoms with E-state index in [4.69, 9.17) is 5.73 Å². The van der Waals surface area contributed by atoms with Crippen LogP contribution in [0, 0.1) is 11.8 Å². The number of carbonyl (C=O) groups excluding carboxylic acids is 1. The van der Waals surface area contributed by atoms with E-state index in [1.807, 2.05) is 4.90 Å². The molecule has 1 aromatic heterocycles. The second kappa shape index (κ2) is 9.95. The second-order valence-corrected chi connectivity index (χ2v) is 4.93. The lowest BCUT2D eigenvalue weighted by atomic mass is 10.1. The number of nitrogens with zero attached hydrogens (tertiary/aromatic N) is 2. The number of hydrogen-bond acceptors (Lipinski definition) is 3. The summed E-state index contributed by atoms with van der Waals surface area (Å²) in [4.78, 5) is 18.7. The van der Waals surface area contributed by atoms with E-state index in [1.54, 1.807) is 18.5 Å². The second-order valence-electron chi connectivity index (χ2n) is 4.93. The molecule has 0 unspecified atom stereocenters. The fourth-order valence-electron chi connectivity index (χ4n) is 2.01. The molecule has 114 valence electrons. The van der Waals surface area contributed by atoms with Crippen LogP contribution < -0.4 is 5.73 Å². The van der Waals surface area contributed by atoms with Gasteiger partial charge in [-0.25, -0.2) is 0 Å². The first-order chi connectivity index (χ1) is 10.2. The van der Waals surface area contributed by atoms with E-state index in [0.717, 1.165) is 38.8 Å². The summed E-state index contributed by atoms with van der Waals surface area (Å²) in [6, 6.07) is 1.74. The number of carbonyl (C=O) groups is 1. The summed E-state index contributed by atoms with van der Waals surface area (Å²) in [7, 11) is 0. The van der Waals surface area contributed by atoms with E-state index >= 15 is 0 Å². The molecule has 21 heavy (non-hydrogen) atoms. The molecule has 1 amide bonds. The van der Waals surface area contributed by atoms with E-state index in [9.17, 15) is 4.79 Å². The first-order valence-corrected chi connectivity index (χ1v) is 7.66. The maximum absolute atomic E-state index is 12.7. The summed E-state index contributed by atoms with van der Waals surface area (Å²) >= 11 is 0. The quantitative estimate of drug-likeness (QED) is 0.784. The Bertz CT molecular complexity index is 494. The molecule has 4 heteroatoms. The largest absolute Gasteiger partial charge is 0.339 e. The topological polar surface area (TPSA) is 59.2 Å². The molecular formula is C17H25N3O. The van der Waals surface area contributed by atoms with Crippen LogP contribution in [-0.2, 0) is 0 Å². The molecule has 0 saturated carbocycles. The van der Waals surface area contributed by atoms with E-state index in [1.165, 1.54) is 0 Å². The summed E-state index contributed by atoms with van der Waals surface area (Å²) in [5.41, 5.74) is 6.69. The third kappa shape index (κ3) is 5.57. The van der Waals surface area contributed by atoms with Crippen LogP contribution in [0.2, 0.25) is 0 Å². The number of hydrogen-bond donors (Lipinski definition) is 1. The van der Waals surface area contributed by atoms with Gasteiger partial charge in [-0.1, -0.05) is 38.5 Å². The first-order valence-electron chi connectivity index (χ1n) is 7.66. The minimum absolute atomic E-state index is 0.0422. The van der Waals surface area contributed by atoms with Gasteiger partial charge in [-0.2, -0.15) is 0 Å². The van der Waals surface area contributed by atoms with Crippen molar-refractivity contribution in [2.24, 2.45) is 5.73 Å². The Morgan fingerprint density at radius 1 is 1.29 bits per heavy atom. The highest BCUT2D eigenvalue weighted by molar-refractivity contribution is 5.96. The molecule has 0 spiro atoms. The van der Waals surface area contributed by atoms with Gasteiger partial charge < -0.3 is 10.6 Å². The van der Waals surface area contributed by atoms with Gasteiger partial charge in [-0.05, 0) is 18.9 Å². The van der Waals surface area contributed by atoms with Crippen LogP contribution in [0.1, 0.15) is 55.5 Å². The van der Waals surface area contributed by atoms with Crippen LogP contribution in [0.4, 0.5) is 0 Å². The third-order valence-electron chi connectivity index (χ3n) is 3.23. The maximum Gasteiger partial charge on any atom is 0.255 e. The zero-order chi connectivity index (χ0) is 15.5. The maximum atomic E-state index is 12.7. The minimum Gasteiger partial charge on any atom is -0.339 e. The van der Waals surface area contributed by atoms with Crippen LogP contribution in [-0.4, -0.2) is 35.4 Å². The fourth-order valence-corrected chi connectivity index (χ4v) is 2.01. The number of amides is 1. The summed E-state index contributed by atoms with van der Waals surface area (Å²) in [5.74, 6) is 5.77. The van der Waals surface area contributed by atoms with Gasteiger partial charge in [0.1, 0.15) is 0 Å². The van der Waals surface area contributed by atoms with Crippen molar-refractivity contribution in [2.45, 2.75) is 39.5 Å². The Hall–Kier alpha value is -1.86. The number of rotatable bonds is 7. The van der Waals surface area contributed by atoms with Crippen molar-refractivity contribution in [1.82, 2.24) is 9.88 Å². The molecule has 0 saturated heterocycles. The predicted molar refractivity (Wildman–Crippen MR) is 85.9 cm³/mol. The molecule has 0 atom stereocenters. The van der Waals surface area contributed by atoms with Gasteiger partial charge in [-0.15, -0.1) is 0 Å². The highest BCUT2D eigenvalue weighted by Gasteiger charge is 2.17. The van der Waals surface area contributed by atoms with Crippen LogP contribution in [0.3, 0.4) is 0 Å². The monoisotopic (exact) mass is 287 g/mol. The fraction of sp³-hybridized carbons (Fsp3) is 0.529. The van der Waals surface area contributed by atoms with Crippen LogP contribution >= 0.6 is 0 Å². The number of nitrogens with two attached hydrogens (primary N) is 1. The highest BCUT2D eigenvalue weighted by Crippen LogP contribution is 2.11. The van der Waals surface area contributed by atoms with Gasteiger partial charge in [0.05, 0.1) is 17.7 Å². The Morgan fingerprint density at radius 2 is 1.95 bits per heavy atom. The molecule has 0 bridgehead atoms. The molecule has 0 radical (unpaired) electrons.